The van der Waals surface area contributed by atoms with Gasteiger partial charge in [0, 0.05) is 23.1 Å². The number of alkyl halides is 3. The van der Waals surface area contributed by atoms with Crippen LogP contribution in [0.25, 0.3) is 0 Å². The smallest absolute Gasteiger partial charge is 0.337 e. The summed E-state index contributed by atoms with van der Waals surface area (Å²) in [6.07, 6.45) is 0.0160. The highest BCUT2D eigenvalue weighted by atomic mass is 32.2. The SMILES string of the molecule is NC1CCCC(C(=O)Nc2cc(C(F)(F)F)cc3c2Nc2ncccc2S3)C1. The van der Waals surface area contributed by atoms with Gasteiger partial charge in [-0.15, -0.1) is 0 Å². The monoisotopic (exact) mass is 408 g/mol. The summed E-state index contributed by atoms with van der Waals surface area (Å²) in [5, 5.41) is 5.77. The van der Waals surface area contributed by atoms with Gasteiger partial charge in [-0.2, -0.15) is 13.2 Å². The first-order chi connectivity index (χ1) is 13.3. The molecule has 2 atom stereocenters. The molecule has 2 aromatic rings. The molecule has 1 aromatic carbocycles. The van der Waals surface area contributed by atoms with Crippen LogP contribution in [0.2, 0.25) is 0 Å². The summed E-state index contributed by atoms with van der Waals surface area (Å²) in [5.74, 6) is -0.0409. The number of aromatic nitrogens is 1. The summed E-state index contributed by atoms with van der Waals surface area (Å²) in [4.78, 5) is 18.1. The normalized spacial score (nSPS) is 21.3. The van der Waals surface area contributed by atoms with E-state index in [4.69, 9.17) is 5.73 Å². The minimum absolute atomic E-state index is 0.0512. The predicted octanol–water partition coefficient (Wildman–Crippen LogP) is 4.76. The van der Waals surface area contributed by atoms with E-state index in [9.17, 15) is 18.0 Å². The number of hydrogen-bond acceptors (Lipinski definition) is 5. The number of rotatable bonds is 2. The lowest BCUT2D eigenvalue weighted by Crippen LogP contribution is -2.34. The molecule has 148 valence electrons. The molecule has 1 fully saturated rings. The summed E-state index contributed by atoms with van der Waals surface area (Å²) < 4.78 is 40.2. The molecule has 1 amide bonds. The maximum atomic E-state index is 13.4. The number of pyridine rings is 1. The highest BCUT2D eigenvalue weighted by Gasteiger charge is 2.34. The van der Waals surface area contributed by atoms with Crippen LogP contribution >= 0.6 is 11.8 Å². The Hall–Kier alpha value is -2.26. The van der Waals surface area contributed by atoms with E-state index in [1.165, 1.54) is 11.8 Å². The van der Waals surface area contributed by atoms with E-state index in [0.717, 1.165) is 29.9 Å². The minimum Gasteiger partial charge on any atom is -0.337 e. The Kier molecular flexibility index (Phi) is 4.96. The summed E-state index contributed by atoms with van der Waals surface area (Å²) >= 11 is 1.19. The molecule has 2 unspecified atom stereocenters. The molecule has 0 saturated heterocycles. The fourth-order valence-electron chi connectivity index (χ4n) is 3.59. The Morgan fingerprint density at radius 2 is 2.11 bits per heavy atom. The molecule has 1 saturated carbocycles. The first-order valence-electron chi connectivity index (χ1n) is 9.03. The minimum atomic E-state index is -4.52. The molecule has 2 aliphatic rings. The van der Waals surface area contributed by atoms with Gasteiger partial charge in [-0.1, -0.05) is 18.2 Å². The number of benzene rings is 1. The lowest BCUT2D eigenvalue weighted by atomic mass is 9.85. The molecule has 4 rings (SSSR count). The average Bonchev–Trinajstić information content (AvgIpc) is 2.65. The third kappa shape index (κ3) is 3.81. The van der Waals surface area contributed by atoms with Crippen molar-refractivity contribution in [2.24, 2.45) is 11.7 Å². The highest BCUT2D eigenvalue weighted by molar-refractivity contribution is 7.99. The molecular formula is C19H19F3N4OS. The van der Waals surface area contributed by atoms with Gasteiger partial charge in [0.15, 0.2) is 0 Å². The Bertz CT molecular complexity index is 919. The summed E-state index contributed by atoms with van der Waals surface area (Å²) in [6.45, 7) is 0. The van der Waals surface area contributed by atoms with Gasteiger partial charge in [-0.3, -0.25) is 4.79 Å². The molecule has 2 heterocycles. The number of hydrogen-bond donors (Lipinski definition) is 3. The molecule has 1 aromatic heterocycles. The zero-order valence-electron chi connectivity index (χ0n) is 14.8. The van der Waals surface area contributed by atoms with Crippen LogP contribution in [0.15, 0.2) is 40.3 Å². The van der Waals surface area contributed by atoms with E-state index in [-0.39, 0.29) is 23.6 Å². The predicted molar refractivity (Wildman–Crippen MR) is 102 cm³/mol. The van der Waals surface area contributed by atoms with E-state index in [0.29, 0.717) is 29.2 Å². The first-order valence-corrected chi connectivity index (χ1v) is 9.84. The van der Waals surface area contributed by atoms with Crippen molar-refractivity contribution in [1.29, 1.82) is 0 Å². The van der Waals surface area contributed by atoms with E-state index >= 15 is 0 Å². The zero-order valence-corrected chi connectivity index (χ0v) is 15.7. The first kappa shape index (κ1) is 19.1. The van der Waals surface area contributed by atoms with Crippen LogP contribution in [0.1, 0.15) is 31.2 Å². The molecule has 1 aliphatic carbocycles. The van der Waals surface area contributed by atoms with Crippen molar-refractivity contribution in [2.45, 2.75) is 47.7 Å². The number of amides is 1. The van der Waals surface area contributed by atoms with Crippen LogP contribution in [-0.2, 0) is 11.0 Å². The van der Waals surface area contributed by atoms with Crippen LogP contribution < -0.4 is 16.4 Å². The van der Waals surface area contributed by atoms with Gasteiger partial charge >= 0.3 is 6.18 Å². The van der Waals surface area contributed by atoms with Crippen molar-refractivity contribution in [3.05, 3.63) is 36.0 Å². The largest absolute Gasteiger partial charge is 0.416 e. The molecule has 28 heavy (non-hydrogen) atoms. The Morgan fingerprint density at radius 3 is 2.86 bits per heavy atom. The summed E-state index contributed by atoms with van der Waals surface area (Å²) in [5.41, 5.74) is 5.68. The zero-order chi connectivity index (χ0) is 19.9. The second-order valence-corrected chi connectivity index (χ2v) is 8.17. The molecule has 0 bridgehead atoms. The van der Waals surface area contributed by atoms with Gasteiger partial charge in [0.25, 0.3) is 0 Å². The Labute approximate surface area is 164 Å². The van der Waals surface area contributed by atoms with E-state index in [1.807, 2.05) is 0 Å². The van der Waals surface area contributed by atoms with Crippen molar-refractivity contribution < 1.29 is 18.0 Å². The second kappa shape index (κ2) is 7.29. The van der Waals surface area contributed by atoms with Crippen LogP contribution in [0, 0.1) is 5.92 Å². The number of halogens is 3. The lowest BCUT2D eigenvalue weighted by Gasteiger charge is -2.28. The van der Waals surface area contributed by atoms with E-state index < -0.39 is 11.7 Å². The highest BCUT2D eigenvalue weighted by Crippen LogP contribution is 2.48. The maximum Gasteiger partial charge on any atom is 0.416 e. The van der Waals surface area contributed by atoms with Crippen molar-refractivity contribution in [3.8, 4) is 0 Å². The second-order valence-electron chi connectivity index (χ2n) is 7.08. The van der Waals surface area contributed by atoms with Gasteiger partial charge in [-0.05, 0) is 43.5 Å². The van der Waals surface area contributed by atoms with Gasteiger partial charge in [0.1, 0.15) is 5.82 Å². The fraction of sp³-hybridized carbons (Fsp3) is 0.368. The average molecular weight is 408 g/mol. The molecule has 5 nitrogen and oxygen atoms in total. The fourth-order valence-corrected chi connectivity index (χ4v) is 4.62. The lowest BCUT2D eigenvalue weighted by molar-refractivity contribution is -0.137. The maximum absolute atomic E-state index is 13.4. The number of carbonyl (C=O) groups excluding carboxylic acids is 1. The number of carbonyl (C=O) groups is 1. The quantitative estimate of drug-likeness (QED) is 0.569. The van der Waals surface area contributed by atoms with Crippen molar-refractivity contribution in [3.63, 3.8) is 0 Å². The molecule has 9 heteroatoms. The Morgan fingerprint density at radius 1 is 1.29 bits per heavy atom. The third-order valence-corrected chi connectivity index (χ3v) is 6.10. The number of fused-ring (bicyclic) bond motifs is 2. The van der Waals surface area contributed by atoms with Gasteiger partial charge in [0.05, 0.1) is 21.8 Å². The molecule has 0 radical (unpaired) electrons. The van der Waals surface area contributed by atoms with Crippen LogP contribution in [-0.4, -0.2) is 16.9 Å². The number of nitrogens with zero attached hydrogens (tertiary/aromatic N) is 1. The Balaban J connectivity index is 1.69. The number of nitrogens with one attached hydrogen (secondary N) is 2. The summed E-state index contributed by atoms with van der Waals surface area (Å²) in [6, 6.07) is 5.52. The third-order valence-electron chi connectivity index (χ3n) is 5.01. The molecular weight excluding hydrogens is 389 g/mol. The standard InChI is InChI=1S/C19H19F3N4OS/c20-19(21,22)11-8-13(25-18(27)10-3-1-4-12(23)7-10)16-15(9-11)28-14-5-2-6-24-17(14)26-16/h2,5-6,8-10,12H,1,3-4,7,23H2,(H,24,26)(H,25,27). The van der Waals surface area contributed by atoms with Crippen molar-refractivity contribution >= 4 is 34.9 Å². The van der Waals surface area contributed by atoms with Crippen LogP contribution in [0.4, 0.5) is 30.4 Å². The van der Waals surface area contributed by atoms with Crippen LogP contribution in [0.3, 0.4) is 0 Å². The van der Waals surface area contributed by atoms with Crippen molar-refractivity contribution in [1.82, 2.24) is 4.98 Å². The summed E-state index contributed by atoms with van der Waals surface area (Å²) in [7, 11) is 0. The van der Waals surface area contributed by atoms with Gasteiger partial charge in [-0.25, -0.2) is 4.98 Å². The van der Waals surface area contributed by atoms with Gasteiger partial charge in [0.2, 0.25) is 5.91 Å². The molecule has 0 spiro atoms. The number of nitrogens with two attached hydrogens (primary N) is 1. The van der Waals surface area contributed by atoms with Crippen LogP contribution in [0.5, 0.6) is 0 Å². The topological polar surface area (TPSA) is 80.0 Å². The number of anilines is 3. The van der Waals surface area contributed by atoms with E-state index in [2.05, 4.69) is 15.6 Å². The van der Waals surface area contributed by atoms with E-state index in [1.54, 1.807) is 18.3 Å². The molecule has 4 N–H and O–H groups in total. The molecule has 1 aliphatic heterocycles. The van der Waals surface area contributed by atoms with Gasteiger partial charge < -0.3 is 16.4 Å². The van der Waals surface area contributed by atoms with Crippen molar-refractivity contribution in [2.75, 3.05) is 10.6 Å².